The molecule has 3 rings (SSSR count). The summed E-state index contributed by atoms with van der Waals surface area (Å²) in [6, 6.07) is 12.4. The maximum atomic E-state index is 14.0. The number of nitrogens with zero attached hydrogens (tertiary/aromatic N) is 1. The van der Waals surface area contributed by atoms with Gasteiger partial charge < -0.3 is 10.2 Å². The van der Waals surface area contributed by atoms with E-state index < -0.39 is 11.9 Å². The van der Waals surface area contributed by atoms with Gasteiger partial charge in [-0.1, -0.05) is 60.4 Å². The fourth-order valence-corrected chi connectivity index (χ4v) is 3.36. The maximum absolute atomic E-state index is 14.0. The highest BCUT2D eigenvalue weighted by Gasteiger charge is 2.31. The van der Waals surface area contributed by atoms with Crippen LogP contribution in [-0.2, 0) is 16.1 Å². The lowest BCUT2D eigenvalue weighted by atomic mass is 10.0. The molecule has 142 valence electrons. The summed E-state index contributed by atoms with van der Waals surface area (Å²) >= 11 is 6.06. The van der Waals surface area contributed by atoms with Crippen LogP contribution in [0, 0.1) is 5.82 Å². The van der Waals surface area contributed by atoms with E-state index in [1.165, 1.54) is 17.7 Å². The molecule has 27 heavy (non-hydrogen) atoms. The van der Waals surface area contributed by atoms with Crippen LogP contribution in [0.2, 0.25) is 5.02 Å². The highest BCUT2D eigenvalue weighted by atomic mass is 35.5. The molecule has 0 bridgehead atoms. The van der Waals surface area contributed by atoms with Crippen molar-refractivity contribution in [2.75, 3.05) is 0 Å². The zero-order valence-electron chi connectivity index (χ0n) is 15.3. The number of rotatable bonds is 6. The smallest absolute Gasteiger partial charge is 0.264 e. The number of aryl methyl sites for hydroxylation is 1. The number of amides is 1. The van der Waals surface area contributed by atoms with Gasteiger partial charge in [0.15, 0.2) is 0 Å². The largest absolute Gasteiger partial charge is 0.382 e. The number of hydrogen-bond donors (Lipinski definition) is 1. The van der Waals surface area contributed by atoms with E-state index in [1.54, 1.807) is 6.07 Å². The summed E-state index contributed by atoms with van der Waals surface area (Å²) < 4.78 is 14.0. The second-order valence-corrected chi connectivity index (χ2v) is 7.06. The Morgan fingerprint density at radius 3 is 2.74 bits per heavy atom. The Labute approximate surface area is 163 Å². The van der Waals surface area contributed by atoms with Gasteiger partial charge in [-0.05, 0) is 36.6 Å². The highest BCUT2D eigenvalue weighted by molar-refractivity contribution is 6.34. The van der Waals surface area contributed by atoms with Crippen molar-refractivity contribution >= 4 is 23.2 Å². The molecule has 4 nitrogen and oxygen atoms in total. The molecular weight excluding hydrogens is 367 g/mol. The third-order valence-corrected chi connectivity index (χ3v) is 4.90. The number of oxime groups is 1. The van der Waals surface area contributed by atoms with Crippen LogP contribution in [0.15, 0.2) is 47.6 Å². The average Bonchev–Trinajstić information content (AvgIpc) is 3.12. The Bertz CT molecular complexity index is 832. The van der Waals surface area contributed by atoms with Crippen LogP contribution in [0.4, 0.5) is 4.39 Å². The number of halogens is 2. The lowest BCUT2D eigenvalue weighted by Crippen LogP contribution is -2.36. The monoisotopic (exact) mass is 388 g/mol. The molecule has 0 aromatic heterocycles. The first kappa shape index (κ1) is 19.4. The fraction of sp³-hybridized carbons (Fsp3) is 0.333. The Morgan fingerprint density at radius 1 is 1.33 bits per heavy atom. The minimum Gasteiger partial charge on any atom is -0.382 e. The van der Waals surface area contributed by atoms with Gasteiger partial charge in [0, 0.05) is 6.42 Å². The molecule has 1 amide bonds. The maximum Gasteiger partial charge on any atom is 0.264 e. The van der Waals surface area contributed by atoms with E-state index in [-0.39, 0.29) is 29.0 Å². The molecule has 1 N–H and O–H groups in total. The van der Waals surface area contributed by atoms with Crippen molar-refractivity contribution in [3.8, 4) is 0 Å². The van der Waals surface area contributed by atoms with Gasteiger partial charge >= 0.3 is 0 Å². The van der Waals surface area contributed by atoms with Crippen LogP contribution in [-0.4, -0.2) is 17.7 Å². The van der Waals surface area contributed by atoms with Gasteiger partial charge in [-0.3, -0.25) is 4.79 Å². The van der Waals surface area contributed by atoms with Gasteiger partial charge in [0.2, 0.25) is 6.10 Å². The number of carbonyl (C=O) groups is 1. The van der Waals surface area contributed by atoms with Crippen LogP contribution >= 0.6 is 11.6 Å². The molecule has 0 saturated carbocycles. The van der Waals surface area contributed by atoms with Crippen molar-refractivity contribution < 1.29 is 14.0 Å². The summed E-state index contributed by atoms with van der Waals surface area (Å²) in [7, 11) is 0. The second-order valence-electron chi connectivity index (χ2n) is 6.65. The number of carbonyl (C=O) groups excluding carboxylic acids is 1. The summed E-state index contributed by atoms with van der Waals surface area (Å²) in [5.74, 6) is -0.766. The van der Waals surface area contributed by atoms with Crippen molar-refractivity contribution in [3.05, 3.63) is 70.0 Å². The lowest BCUT2D eigenvalue weighted by Gasteiger charge is -2.17. The van der Waals surface area contributed by atoms with Crippen molar-refractivity contribution in [1.82, 2.24) is 5.32 Å². The van der Waals surface area contributed by atoms with Gasteiger partial charge in [0.1, 0.15) is 5.82 Å². The van der Waals surface area contributed by atoms with Gasteiger partial charge in [-0.15, -0.1) is 0 Å². The molecule has 0 fully saturated rings. The van der Waals surface area contributed by atoms with Crippen molar-refractivity contribution in [2.45, 2.75) is 45.3 Å². The Morgan fingerprint density at radius 2 is 2.07 bits per heavy atom. The standard InChI is InChI=1S/C21H22ClFN2O2/c1-3-5-14-8-10-15(11-9-14)13(2)24-21(26)19-12-18(25-27-19)20-16(22)6-4-7-17(20)23/h4,6-11,13,19H,3,5,12H2,1-2H3,(H,24,26). The SMILES string of the molecule is CCCc1ccc(C(C)NC(=O)C2CC(c3c(F)cccc3Cl)=NO2)cc1. The van der Waals surface area contributed by atoms with Crippen LogP contribution in [0.5, 0.6) is 0 Å². The van der Waals surface area contributed by atoms with E-state index in [0.717, 1.165) is 18.4 Å². The van der Waals surface area contributed by atoms with E-state index in [9.17, 15) is 9.18 Å². The minimum absolute atomic E-state index is 0.169. The predicted molar refractivity (Wildman–Crippen MR) is 104 cm³/mol. The van der Waals surface area contributed by atoms with Gasteiger partial charge in [-0.2, -0.15) is 0 Å². The number of nitrogens with one attached hydrogen (secondary N) is 1. The molecule has 1 aliphatic heterocycles. The normalized spacial score (nSPS) is 17.2. The predicted octanol–water partition coefficient (Wildman–Crippen LogP) is 4.80. The summed E-state index contributed by atoms with van der Waals surface area (Å²) in [5.41, 5.74) is 2.82. The molecule has 6 heteroatoms. The van der Waals surface area contributed by atoms with Gasteiger partial charge in [0.05, 0.1) is 22.3 Å². The molecule has 0 saturated heterocycles. The first-order valence-electron chi connectivity index (χ1n) is 9.06. The number of benzene rings is 2. The summed E-state index contributed by atoms with van der Waals surface area (Å²) in [6.45, 7) is 4.06. The van der Waals surface area contributed by atoms with E-state index in [0.29, 0.717) is 5.71 Å². The van der Waals surface area contributed by atoms with E-state index in [1.807, 2.05) is 19.1 Å². The highest BCUT2D eigenvalue weighted by Crippen LogP contribution is 2.26. The molecule has 0 aliphatic carbocycles. The first-order chi connectivity index (χ1) is 13.0. The zero-order valence-corrected chi connectivity index (χ0v) is 16.1. The Hall–Kier alpha value is -2.40. The molecule has 2 atom stereocenters. The Kier molecular flexibility index (Phi) is 6.11. The van der Waals surface area contributed by atoms with Crippen LogP contribution in [0.25, 0.3) is 0 Å². The first-order valence-corrected chi connectivity index (χ1v) is 9.43. The number of hydrogen-bond acceptors (Lipinski definition) is 3. The van der Waals surface area contributed by atoms with E-state index in [2.05, 4.69) is 29.5 Å². The average molecular weight is 389 g/mol. The molecule has 1 aliphatic rings. The van der Waals surface area contributed by atoms with Crippen LogP contribution in [0.1, 0.15) is 49.4 Å². The van der Waals surface area contributed by atoms with Crippen molar-refractivity contribution in [3.63, 3.8) is 0 Å². The molecule has 2 aromatic carbocycles. The van der Waals surface area contributed by atoms with E-state index in [4.69, 9.17) is 16.4 Å². The molecule has 0 radical (unpaired) electrons. The lowest BCUT2D eigenvalue weighted by molar-refractivity contribution is -0.131. The van der Waals surface area contributed by atoms with Crippen LogP contribution in [0.3, 0.4) is 0 Å². The molecule has 1 heterocycles. The summed E-state index contributed by atoms with van der Waals surface area (Å²) in [6.07, 6.45) is 1.51. The van der Waals surface area contributed by atoms with Gasteiger partial charge in [0.25, 0.3) is 5.91 Å². The van der Waals surface area contributed by atoms with Crippen molar-refractivity contribution in [2.24, 2.45) is 5.16 Å². The summed E-state index contributed by atoms with van der Waals surface area (Å²) in [4.78, 5) is 17.7. The third kappa shape index (κ3) is 4.48. The molecule has 0 spiro atoms. The van der Waals surface area contributed by atoms with Gasteiger partial charge in [-0.25, -0.2) is 4.39 Å². The Balaban J connectivity index is 1.61. The zero-order chi connectivity index (χ0) is 19.4. The molecule has 2 unspecified atom stereocenters. The quantitative estimate of drug-likeness (QED) is 0.772. The van der Waals surface area contributed by atoms with E-state index >= 15 is 0 Å². The van der Waals surface area contributed by atoms with Crippen molar-refractivity contribution in [1.29, 1.82) is 0 Å². The van der Waals surface area contributed by atoms with Crippen LogP contribution < -0.4 is 5.32 Å². The minimum atomic E-state index is -0.794. The fourth-order valence-electron chi connectivity index (χ4n) is 3.09. The molecular formula is C21H22ClFN2O2. The molecule has 2 aromatic rings. The summed E-state index contributed by atoms with van der Waals surface area (Å²) in [5, 5.41) is 7.05. The topological polar surface area (TPSA) is 50.7 Å². The third-order valence-electron chi connectivity index (χ3n) is 4.59. The second kappa shape index (κ2) is 8.53.